The SMILES string of the molecule is COc1ccc(-c2nc(C(=O)Nc3ccc(C)cc3)cs2)cc1OC. The van der Waals surface area contributed by atoms with Crippen LogP contribution in [0.5, 0.6) is 11.5 Å². The number of methoxy groups -OCH3 is 2. The fourth-order valence-electron chi connectivity index (χ4n) is 2.31. The molecule has 0 spiro atoms. The van der Waals surface area contributed by atoms with E-state index in [2.05, 4.69) is 10.3 Å². The molecular formula is C19H18N2O3S. The highest BCUT2D eigenvalue weighted by molar-refractivity contribution is 7.13. The van der Waals surface area contributed by atoms with Gasteiger partial charge in [-0.15, -0.1) is 11.3 Å². The molecule has 6 heteroatoms. The summed E-state index contributed by atoms with van der Waals surface area (Å²) in [5.41, 5.74) is 3.14. The Kier molecular flexibility index (Phi) is 5.00. The van der Waals surface area contributed by atoms with Crippen molar-refractivity contribution < 1.29 is 14.3 Å². The second kappa shape index (κ2) is 7.36. The van der Waals surface area contributed by atoms with Gasteiger partial charge in [0.2, 0.25) is 0 Å². The van der Waals surface area contributed by atoms with Gasteiger partial charge in [0.25, 0.3) is 5.91 Å². The van der Waals surface area contributed by atoms with E-state index < -0.39 is 0 Å². The standard InChI is InChI=1S/C19H18N2O3S/c1-12-4-7-14(8-5-12)20-18(22)15-11-25-19(21-15)13-6-9-16(23-2)17(10-13)24-3/h4-11H,1-3H3,(H,20,22). The maximum Gasteiger partial charge on any atom is 0.275 e. The van der Waals surface area contributed by atoms with E-state index in [1.807, 2.05) is 49.4 Å². The highest BCUT2D eigenvalue weighted by atomic mass is 32.1. The monoisotopic (exact) mass is 354 g/mol. The van der Waals surface area contributed by atoms with Crippen molar-refractivity contribution in [3.63, 3.8) is 0 Å². The zero-order valence-electron chi connectivity index (χ0n) is 14.2. The van der Waals surface area contributed by atoms with Gasteiger partial charge in [0.05, 0.1) is 14.2 Å². The minimum absolute atomic E-state index is 0.230. The van der Waals surface area contributed by atoms with Crippen LogP contribution >= 0.6 is 11.3 Å². The molecule has 0 aliphatic carbocycles. The number of rotatable bonds is 5. The topological polar surface area (TPSA) is 60.5 Å². The van der Waals surface area contributed by atoms with Crippen LogP contribution in [-0.2, 0) is 0 Å². The smallest absolute Gasteiger partial charge is 0.275 e. The molecule has 25 heavy (non-hydrogen) atoms. The van der Waals surface area contributed by atoms with Crippen molar-refractivity contribution in [1.29, 1.82) is 0 Å². The van der Waals surface area contributed by atoms with Gasteiger partial charge in [-0.1, -0.05) is 17.7 Å². The molecule has 0 fully saturated rings. The molecular weight excluding hydrogens is 336 g/mol. The molecule has 3 aromatic rings. The van der Waals surface area contributed by atoms with Crippen LogP contribution in [0, 0.1) is 6.92 Å². The maximum absolute atomic E-state index is 12.4. The Balaban J connectivity index is 1.80. The Morgan fingerprint density at radius 1 is 1.04 bits per heavy atom. The van der Waals surface area contributed by atoms with Gasteiger partial charge in [-0.3, -0.25) is 4.79 Å². The number of nitrogens with zero attached hydrogens (tertiary/aromatic N) is 1. The molecule has 1 N–H and O–H groups in total. The second-order valence-corrected chi connectivity index (χ2v) is 6.29. The summed E-state index contributed by atoms with van der Waals surface area (Å²) in [6.07, 6.45) is 0. The van der Waals surface area contributed by atoms with Crippen molar-refractivity contribution in [2.45, 2.75) is 6.92 Å². The molecule has 128 valence electrons. The molecule has 0 radical (unpaired) electrons. The van der Waals surface area contributed by atoms with Crippen LogP contribution in [0.3, 0.4) is 0 Å². The average Bonchev–Trinajstić information content (AvgIpc) is 3.13. The molecule has 0 saturated carbocycles. The van der Waals surface area contributed by atoms with E-state index in [4.69, 9.17) is 9.47 Å². The van der Waals surface area contributed by atoms with Gasteiger partial charge < -0.3 is 14.8 Å². The molecule has 0 atom stereocenters. The van der Waals surface area contributed by atoms with Gasteiger partial charge in [-0.05, 0) is 37.3 Å². The Morgan fingerprint density at radius 2 is 1.76 bits per heavy atom. The number of aromatic nitrogens is 1. The van der Waals surface area contributed by atoms with Gasteiger partial charge in [-0.25, -0.2) is 4.98 Å². The summed E-state index contributed by atoms with van der Waals surface area (Å²) in [6, 6.07) is 13.2. The molecule has 0 aliphatic rings. The first-order chi connectivity index (χ1) is 12.1. The van der Waals surface area contributed by atoms with E-state index in [9.17, 15) is 4.79 Å². The fraction of sp³-hybridized carbons (Fsp3) is 0.158. The van der Waals surface area contributed by atoms with E-state index in [-0.39, 0.29) is 5.91 Å². The Bertz CT molecular complexity index is 888. The summed E-state index contributed by atoms with van der Waals surface area (Å²) in [7, 11) is 3.18. The number of hydrogen-bond acceptors (Lipinski definition) is 5. The molecule has 0 unspecified atom stereocenters. The minimum atomic E-state index is -0.230. The van der Waals surface area contributed by atoms with Gasteiger partial charge in [-0.2, -0.15) is 0 Å². The number of carbonyl (C=O) groups is 1. The van der Waals surface area contributed by atoms with Gasteiger partial charge in [0.15, 0.2) is 11.5 Å². The lowest BCUT2D eigenvalue weighted by Gasteiger charge is -2.08. The van der Waals surface area contributed by atoms with Crippen molar-refractivity contribution in [2.75, 3.05) is 19.5 Å². The van der Waals surface area contributed by atoms with E-state index in [0.717, 1.165) is 21.8 Å². The Labute approximate surface area is 150 Å². The predicted molar refractivity (Wildman–Crippen MR) is 99.8 cm³/mol. The van der Waals surface area contributed by atoms with Crippen molar-refractivity contribution in [3.05, 3.63) is 59.1 Å². The lowest BCUT2D eigenvalue weighted by atomic mass is 10.2. The Morgan fingerprint density at radius 3 is 2.44 bits per heavy atom. The molecule has 0 aliphatic heterocycles. The molecule has 1 amide bonds. The first-order valence-corrected chi connectivity index (χ1v) is 8.54. The summed E-state index contributed by atoms with van der Waals surface area (Å²) >= 11 is 1.41. The Hall–Kier alpha value is -2.86. The van der Waals surface area contributed by atoms with E-state index in [1.165, 1.54) is 11.3 Å². The van der Waals surface area contributed by atoms with Crippen LogP contribution in [0.1, 0.15) is 16.1 Å². The second-order valence-electron chi connectivity index (χ2n) is 5.43. The van der Waals surface area contributed by atoms with E-state index >= 15 is 0 Å². The van der Waals surface area contributed by atoms with Crippen LogP contribution < -0.4 is 14.8 Å². The third kappa shape index (κ3) is 3.80. The quantitative estimate of drug-likeness (QED) is 0.738. The number of thiazole rings is 1. The fourth-order valence-corrected chi connectivity index (χ4v) is 3.11. The van der Waals surface area contributed by atoms with Gasteiger partial charge >= 0.3 is 0 Å². The normalized spacial score (nSPS) is 10.4. The summed E-state index contributed by atoms with van der Waals surface area (Å²) in [6.45, 7) is 2.00. The number of ether oxygens (including phenoxy) is 2. The van der Waals surface area contributed by atoms with Crippen molar-refractivity contribution >= 4 is 22.9 Å². The number of carbonyl (C=O) groups excluding carboxylic acids is 1. The highest BCUT2D eigenvalue weighted by Gasteiger charge is 2.14. The first-order valence-electron chi connectivity index (χ1n) is 7.66. The molecule has 1 heterocycles. The van der Waals surface area contributed by atoms with Gasteiger partial charge in [0, 0.05) is 16.6 Å². The largest absolute Gasteiger partial charge is 0.493 e. The average molecular weight is 354 g/mol. The number of anilines is 1. The molecule has 5 nitrogen and oxygen atoms in total. The minimum Gasteiger partial charge on any atom is -0.493 e. The van der Waals surface area contributed by atoms with E-state index in [0.29, 0.717) is 17.2 Å². The van der Waals surface area contributed by atoms with Crippen molar-refractivity contribution in [3.8, 4) is 22.1 Å². The third-order valence-electron chi connectivity index (χ3n) is 3.68. The lowest BCUT2D eigenvalue weighted by molar-refractivity contribution is 0.102. The predicted octanol–water partition coefficient (Wildman–Crippen LogP) is 4.39. The van der Waals surface area contributed by atoms with Crippen molar-refractivity contribution in [1.82, 2.24) is 4.98 Å². The highest BCUT2D eigenvalue weighted by Crippen LogP contribution is 2.33. The van der Waals surface area contributed by atoms with Crippen LogP contribution in [0.4, 0.5) is 5.69 Å². The van der Waals surface area contributed by atoms with Crippen LogP contribution in [-0.4, -0.2) is 25.1 Å². The summed E-state index contributed by atoms with van der Waals surface area (Å²) in [5.74, 6) is 1.05. The van der Waals surface area contributed by atoms with Crippen LogP contribution in [0.15, 0.2) is 47.8 Å². The molecule has 2 aromatic carbocycles. The van der Waals surface area contributed by atoms with E-state index in [1.54, 1.807) is 19.6 Å². The molecule has 0 saturated heterocycles. The molecule has 0 bridgehead atoms. The zero-order chi connectivity index (χ0) is 17.8. The molecule has 3 rings (SSSR count). The maximum atomic E-state index is 12.4. The summed E-state index contributed by atoms with van der Waals surface area (Å²) < 4.78 is 10.6. The lowest BCUT2D eigenvalue weighted by Crippen LogP contribution is -2.12. The van der Waals surface area contributed by atoms with Crippen LogP contribution in [0.2, 0.25) is 0 Å². The number of nitrogens with one attached hydrogen (secondary N) is 1. The van der Waals surface area contributed by atoms with Crippen molar-refractivity contribution in [2.24, 2.45) is 0 Å². The zero-order valence-corrected chi connectivity index (χ0v) is 15.0. The number of hydrogen-bond donors (Lipinski definition) is 1. The number of amides is 1. The summed E-state index contributed by atoms with van der Waals surface area (Å²) in [4.78, 5) is 16.8. The molecule has 1 aromatic heterocycles. The van der Waals surface area contributed by atoms with Gasteiger partial charge in [0.1, 0.15) is 10.7 Å². The summed E-state index contributed by atoms with van der Waals surface area (Å²) in [5, 5.41) is 5.34. The number of benzene rings is 2. The third-order valence-corrected chi connectivity index (χ3v) is 4.57. The first kappa shape index (κ1) is 17.0. The van der Waals surface area contributed by atoms with Crippen LogP contribution in [0.25, 0.3) is 10.6 Å². The number of aryl methyl sites for hydroxylation is 1.